The van der Waals surface area contributed by atoms with E-state index in [0.717, 1.165) is 5.69 Å². The van der Waals surface area contributed by atoms with Crippen LogP contribution in [0.25, 0.3) is 0 Å². The number of nitrogens with zero attached hydrogens (tertiary/aromatic N) is 1. The lowest BCUT2D eigenvalue weighted by Gasteiger charge is -2.12. The van der Waals surface area contributed by atoms with Gasteiger partial charge in [-0.15, -0.1) is 0 Å². The molecule has 0 aromatic heterocycles. The first-order valence-electron chi connectivity index (χ1n) is 6.59. The number of nitro benzene ring substituents is 1. The van der Waals surface area contributed by atoms with Gasteiger partial charge in [-0.1, -0.05) is 18.2 Å². The highest BCUT2D eigenvalue weighted by Crippen LogP contribution is 2.37. The van der Waals surface area contributed by atoms with Crippen molar-refractivity contribution in [3.63, 3.8) is 0 Å². The Morgan fingerprint density at radius 2 is 1.86 bits per heavy atom. The molecule has 0 aliphatic rings. The molecule has 0 bridgehead atoms. The molecule has 22 heavy (non-hydrogen) atoms. The minimum absolute atomic E-state index is 0.118. The largest absolute Gasteiger partial charge is 0.493 e. The van der Waals surface area contributed by atoms with Crippen molar-refractivity contribution in [1.29, 1.82) is 0 Å². The Morgan fingerprint density at radius 3 is 2.45 bits per heavy atom. The Bertz CT molecular complexity index is 647. The number of anilines is 1. The van der Waals surface area contributed by atoms with Crippen LogP contribution in [0, 0.1) is 10.1 Å². The molecule has 0 aliphatic carbocycles. The Kier molecular flexibility index (Phi) is 5.16. The predicted molar refractivity (Wildman–Crippen MR) is 83.1 cm³/mol. The first-order chi connectivity index (χ1) is 10.7. The van der Waals surface area contributed by atoms with Crippen LogP contribution in [-0.2, 0) is 6.54 Å². The number of hydrogen-bond donors (Lipinski definition) is 2. The fourth-order valence-electron chi connectivity index (χ4n) is 2.01. The number of ether oxygens (including phenoxy) is 2. The standard InChI is InChI=1S/C15H17N3O4/c1-21-14-9-11(8-13(18(19)20)15(14)22-2)10-16-17-12-6-4-3-5-7-12/h3-9,16-17H,10H2,1-2H3. The zero-order valence-electron chi connectivity index (χ0n) is 12.3. The molecule has 2 aromatic rings. The molecule has 2 rings (SSSR count). The van der Waals surface area contributed by atoms with Crippen molar-refractivity contribution in [2.24, 2.45) is 0 Å². The topological polar surface area (TPSA) is 85.7 Å². The summed E-state index contributed by atoms with van der Waals surface area (Å²) >= 11 is 0. The zero-order valence-corrected chi connectivity index (χ0v) is 12.3. The second kappa shape index (κ2) is 7.28. The number of nitro groups is 1. The predicted octanol–water partition coefficient (Wildman–Crippen LogP) is 2.73. The fourth-order valence-corrected chi connectivity index (χ4v) is 2.01. The van der Waals surface area contributed by atoms with Crippen LogP contribution in [0.3, 0.4) is 0 Å². The van der Waals surface area contributed by atoms with Crippen molar-refractivity contribution in [3.8, 4) is 11.5 Å². The van der Waals surface area contributed by atoms with Crippen LogP contribution in [0.5, 0.6) is 11.5 Å². The molecule has 0 spiro atoms. The normalized spacial score (nSPS) is 10.1. The van der Waals surface area contributed by atoms with Gasteiger partial charge in [-0.3, -0.25) is 10.1 Å². The third kappa shape index (κ3) is 3.64. The zero-order chi connectivity index (χ0) is 15.9. The quantitative estimate of drug-likeness (QED) is 0.604. The summed E-state index contributed by atoms with van der Waals surface area (Å²) < 4.78 is 10.2. The van der Waals surface area contributed by atoms with Gasteiger partial charge >= 0.3 is 5.69 Å². The minimum atomic E-state index is -0.491. The molecular formula is C15H17N3O4. The van der Waals surface area contributed by atoms with E-state index in [-0.39, 0.29) is 11.4 Å². The van der Waals surface area contributed by atoms with Gasteiger partial charge in [-0.2, -0.15) is 0 Å². The molecule has 0 aliphatic heterocycles. The molecule has 116 valence electrons. The van der Waals surface area contributed by atoms with E-state index in [4.69, 9.17) is 9.47 Å². The monoisotopic (exact) mass is 303 g/mol. The maximum atomic E-state index is 11.1. The first kappa shape index (κ1) is 15.6. The third-order valence-electron chi connectivity index (χ3n) is 3.01. The molecule has 7 heteroatoms. The lowest BCUT2D eigenvalue weighted by Crippen LogP contribution is -2.20. The molecule has 2 aromatic carbocycles. The maximum Gasteiger partial charge on any atom is 0.315 e. The number of para-hydroxylation sites is 1. The second-order valence-corrected chi connectivity index (χ2v) is 4.45. The van der Waals surface area contributed by atoms with Gasteiger partial charge in [0.2, 0.25) is 5.75 Å². The van der Waals surface area contributed by atoms with E-state index in [1.54, 1.807) is 6.07 Å². The molecule has 0 fully saturated rings. The van der Waals surface area contributed by atoms with Gasteiger partial charge in [0, 0.05) is 18.3 Å². The summed E-state index contributed by atoms with van der Waals surface area (Å²) in [5.74, 6) is 0.445. The summed E-state index contributed by atoms with van der Waals surface area (Å²) in [5, 5.41) is 11.1. The average molecular weight is 303 g/mol. The number of nitrogens with one attached hydrogen (secondary N) is 2. The highest BCUT2D eigenvalue weighted by Gasteiger charge is 2.21. The summed E-state index contributed by atoms with van der Waals surface area (Å²) in [4.78, 5) is 10.6. The van der Waals surface area contributed by atoms with Crippen molar-refractivity contribution in [2.45, 2.75) is 6.54 Å². The average Bonchev–Trinajstić information content (AvgIpc) is 2.54. The number of methoxy groups -OCH3 is 2. The minimum Gasteiger partial charge on any atom is -0.493 e. The molecule has 0 saturated heterocycles. The lowest BCUT2D eigenvalue weighted by molar-refractivity contribution is -0.385. The molecule has 7 nitrogen and oxygen atoms in total. The number of hydrazine groups is 1. The Morgan fingerprint density at radius 1 is 1.14 bits per heavy atom. The third-order valence-corrected chi connectivity index (χ3v) is 3.01. The van der Waals surface area contributed by atoms with Gasteiger partial charge in [0.25, 0.3) is 0 Å². The molecule has 0 heterocycles. The Labute approximate surface area is 128 Å². The summed E-state index contributed by atoms with van der Waals surface area (Å²) in [6.07, 6.45) is 0. The number of rotatable bonds is 7. The second-order valence-electron chi connectivity index (χ2n) is 4.45. The van der Waals surface area contributed by atoms with E-state index in [2.05, 4.69) is 10.9 Å². The number of benzene rings is 2. The van der Waals surface area contributed by atoms with Crippen molar-refractivity contribution < 1.29 is 14.4 Å². The van der Waals surface area contributed by atoms with Crippen molar-refractivity contribution in [3.05, 3.63) is 58.1 Å². The van der Waals surface area contributed by atoms with Gasteiger partial charge in [0.15, 0.2) is 5.75 Å². The van der Waals surface area contributed by atoms with Gasteiger partial charge in [-0.25, -0.2) is 5.43 Å². The maximum absolute atomic E-state index is 11.1. The van der Waals surface area contributed by atoms with E-state index in [9.17, 15) is 10.1 Å². The molecule has 0 amide bonds. The Hall–Kier alpha value is -2.80. The number of hydrogen-bond acceptors (Lipinski definition) is 6. The first-order valence-corrected chi connectivity index (χ1v) is 6.59. The van der Waals surface area contributed by atoms with Crippen LogP contribution in [0.4, 0.5) is 11.4 Å². The van der Waals surface area contributed by atoms with Crippen LogP contribution in [0.2, 0.25) is 0 Å². The molecule has 0 radical (unpaired) electrons. The summed E-state index contributed by atoms with van der Waals surface area (Å²) in [5.41, 5.74) is 7.50. The smallest absolute Gasteiger partial charge is 0.315 e. The molecule has 2 N–H and O–H groups in total. The summed E-state index contributed by atoms with van der Waals surface area (Å²) in [6.45, 7) is 0.385. The molecular weight excluding hydrogens is 286 g/mol. The van der Waals surface area contributed by atoms with E-state index in [1.807, 2.05) is 30.3 Å². The van der Waals surface area contributed by atoms with Crippen molar-refractivity contribution in [2.75, 3.05) is 19.6 Å². The van der Waals surface area contributed by atoms with Crippen LogP contribution in [0.15, 0.2) is 42.5 Å². The molecule has 0 saturated carbocycles. The fraction of sp³-hybridized carbons (Fsp3) is 0.200. The van der Waals surface area contributed by atoms with E-state index in [0.29, 0.717) is 17.9 Å². The van der Waals surface area contributed by atoms with E-state index in [1.165, 1.54) is 20.3 Å². The van der Waals surface area contributed by atoms with Crippen LogP contribution >= 0.6 is 0 Å². The van der Waals surface area contributed by atoms with Gasteiger partial charge in [0.05, 0.1) is 19.1 Å². The van der Waals surface area contributed by atoms with Crippen LogP contribution in [-0.4, -0.2) is 19.1 Å². The summed E-state index contributed by atoms with van der Waals surface area (Å²) in [6, 6.07) is 12.7. The van der Waals surface area contributed by atoms with Gasteiger partial charge in [-0.05, 0) is 23.8 Å². The highest BCUT2D eigenvalue weighted by atomic mass is 16.6. The lowest BCUT2D eigenvalue weighted by atomic mass is 10.1. The molecule has 0 atom stereocenters. The molecule has 0 unspecified atom stereocenters. The SMILES string of the molecule is COc1cc(CNNc2ccccc2)cc([N+](=O)[O-])c1OC. The van der Waals surface area contributed by atoms with Gasteiger partial charge in [0.1, 0.15) is 0 Å². The highest BCUT2D eigenvalue weighted by molar-refractivity contribution is 5.58. The van der Waals surface area contributed by atoms with E-state index >= 15 is 0 Å². The van der Waals surface area contributed by atoms with Gasteiger partial charge < -0.3 is 14.9 Å². The van der Waals surface area contributed by atoms with Crippen LogP contribution in [0.1, 0.15) is 5.56 Å². The Balaban J connectivity index is 2.13. The van der Waals surface area contributed by atoms with Crippen molar-refractivity contribution in [1.82, 2.24) is 5.43 Å². The van der Waals surface area contributed by atoms with Crippen molar-refractivity contribution >= 4 is 11.4 Å². The van der Waals surface area contributed by atoms with Crippen LogP contribution < -0.4 is 20.3 Å². The van der Waals surface area contributed by atoms with E-state index < -0.39 is 4.92 Å². The summed E-state index contributed by atoms with van der Waals surface area (Å²) in [7, 11) is 2.82.